The first-order valence-electron chi connectivity index (χ1n) is 7.26. The third-order valence-corrected chi connectivity index (χ3v) is 7.15. The Morgan fingerprint density at radius 1 is 1.10 bits per heavy atom. The first kappa shape index (κ1) is 14.3. The molecule has 2 heteroatoms. The van der Waals surface area contributed by atoms with Crippen LogP contribution in [0.2, 0.25) is 0 Å². The average molecular weight is 349 g/mol. The van der Waals surface area contributed by atoms with Crippen LogP contribution in [0, 0.1) is 5.92 Å². The number of hydrogen-bond donors (Lipinski definition) is 0. The molecule has 20 heavy (non-hydrogen) atoms. The topological polar surface area (TPSA) is 0 Å². The zero-order chi connectivity index (χ0) is 14.3. The van der Waals surface area contributed by atoms with Crippen LogP contribution < -0.4 is 0 Å². The Morgan fingerprint density at radius 3 is 2.40 bits per heavy atom. The third-order valence-electron chi connectivity index (χ3n) is 4.08. The molecule has 3 unspecified atom stereocenters. The first-order valence-corrected chi connectivity index (χ1v) is 8.99. The van der Waals surface area contributed by atoms with Crippen LogP contribution in [0.4, 0.5) is 0 Å². The fourth-order valence-corrected chi connectivity index (χ4v) is 4.87. The standard InChI is InChI=1S/C18H21BrS/c1-18(2,3)16-10-9-15(20-16)17(19)14-11-13(14)12-7-5-4-6-8-12/h4-10,13-14,17H,11H2,1-3H3. The highest BCUT2D eigenvalue weighted by Crippen LogP contribution is 2.58. The lowest BCUT2D eigenvalue weighted by Crippen LogP contribution is -2.07. The summed E-state index contributed by atoms with van der Waals surface area (Å²) in [5, 5.41) is 0. The molecule has 0 amide bonds. The summed E-state index contributed by atoms with van der Waals surface area (Å²) in [6.07, 6.45) is 1.31. The van der Waals surface area contributed by atoms with Crippen molar-refractivity contribution in [2.45, 2.75) is 43.4 Å². The molecule has 0 N–H and O–H groups in total. The molecule has 0 saturated heterocycles. The van der Waals surface area contributed by atoms with Gasteiger partial charge in [0.1, 0.15) is 0 Å². The number of thiophene rings is 1. The second-order valence-corrected chi connectivity index (χ2v) is 8.87. The van der Waals surface area contributed by atoms with Crippen molar-refractivity contribution < 1.29 is 0 Å². The SMILES string of the molecule is CC(C)(C)c1ccc(C(Br)C2CC2c2ccccc2)s1. The van der Waals surface area contributed by atoms with Crippen LogP contribution >= 0.6 is 27.3 Å². The van der Waals surface area contributed by atoms with Crippen LogP contribution in [0.25, 0.3) is 0 Å². The average Bonchev–Trinajstić information content (AvgIpc) is 3.05. The van der Waals surface area contributed by atoms with Crippen molar-refractivity contribution >= 4 is 27.3 Å². The lowest BCUT2D eigenvalue weighted by molar-refractivity contribution is 0.604. The van der Waals surface area contributed by atoms with Crippen molar-refractivity contribution in [2.24, 2.45) is 5.92 Å². The molecule has 1 aromatic carbocycles. The summed E-state index contributed by atoms with van der Waals surface area (Å²) in [5.41, 5.74) is 1.76. The zero-order valence-corrected chi connectivity index (χ0v) is 14.7. The molecule has 106 valence electrons. The van der Waals surface area contributed by atoms with Gasteiger partial charge in [-0.25, -0.2) is 0 Å². The molecule has 0 aliphatic heterocycles. The molecular weight excluding hydrogens is 328 g/mol. The summed E-state index contributed by atoms with van der Waals surface area (Å²) in [6.45, 7) is 6.86. The predicted octanol–water partition coefficient (Wildman–Crippen LogP) is 6.29. The van der Waals surface area contributed by atoms with E-state index in [9.17, 15) is 0 Å². The molecule has 0 nitrogen and oxygen atoms in total. The minimum absolute atomic E-state index is 0.262. The van der Waals surface area contributed by atoms with Crippen molar-refractivity contribution in [3.63, 3.8) is 0 Å². The molecule has 1 aromatic heterocycles. The Bertz CT molecular complexity index is 579. The van der Waals surface area contributed by atoms with Gasteiger partial charge in [-0.1, -0.05) is 67.0 Å². The first-order chi connectivity index (χ1) is 9.47. The molecule has 0 spiro atoms. The summed E-state index contributed by atoms with van der Waals surface area (Å²) in [4.78, 5) is 3.47. The van der Waals surface area contributed by atoms with Crippen LogP contribution in [-0.2, 0) is 5.41 Å². The van der Waals surface area contributed by atoms with E-state index in [4.69, 9.17) is 0 Å². The Hall–Kier alpha value is -0.600. The molecule has 2 aromatic rings. The van der Waals surface area contributed by atoms with Gasteiger partial charge < -0.3 is 0 Å². The van der Waals surface area contributed by atoms with E-state index in [0.717, 1.165) is 11.8 Å². The highest BCUT2D eigenvalue weighted by atomic mass is 79.9. The molecule has 1 saturated carbocycles. The highest BCUT2D eigenvalue weighted by molar-refractivity contribution is 9.09. The predicted molar refractivity (Wildman–Crippen MR) is 92.0 cm³/mol. The van der Waals surface area contributed by atoms with E-state index in [1.54, 1.807) is 0 Å². The minimum atomic E-state index is 0.262. The molecule has 3 rings (SSSR count). The fraction of sp³-hybridized carbons (Fsp3) is 0.444. The van der Waals surface area contributed by atoms with E-state index in [1.165, 1.54) is 21.7 Å². The van der Waals surface area contributed by atoms with Gasteiger partial charge in [-0.2, -0.15) is 0 Å². The van der Waals surface area contributed by atoms with Gasteiger partial charge in [-0.3, -0.25) is 0 Å². The monoisotopic (exact) mass is 348 g/mol. The summed E-state index contributed by atoms with van der Waals surface area (Å²) in [5.74, 6) is 1.49. The molecule has 0 radical (unpaired) electrons. The van der Waals surface area contributed by atoms with Gasteiger partial charge in [0.15, 0.2) is 0 Å². The van der Waals surface area contributed by atoms with Crippen molar-refractivity contribution in [2.75, 3.05) is 0 Å². The van der Waals surface area contributed by atoms with Crippen LogP contribution in [0.3, 0.4) is 0 Å². The van der Waals surface area contributed by atoms with Crippen LogP contribution in [0.15, 0.2) is 42.5 Å². The van der Waals surface area contributed by atoms with E-state index in [-0.39, 0.29) is 5.41 Å². The van der Waals surface area contributed by atoms with Crippen molar-refractivity contribution in [1.82, 2.24) is 0 Å². The highest BCUT2D eigenvalue weighted by Gasteiger charge is 2.43. The zero-order valence-electron chi connectivity index (χ0n) is 12.3. The summed E-state index contributed by atoms with van der Waals surface area (Å²) in [7, 11) is 0. The Kier molecular flexibility index (Phi) is 3.81. The van der Waals surface area contributed by atoms with E-state index < -0.39 is 0 Å². The van der Waals surface area contributed by atoms with E-state index in [1.807, 2.05) is 11.3 Å². The second-order valence-electron chi connectivity index (χ2n) is 6.77. The molecule has 1 aliphatic carbocycles. The van der Waals surface area contributed by atoms with E-state index in [0.29, 0.717) is 4.83 Å². The number of hydrogen-bond acceptors (Lipinski definition) is 1. The maximum absolute atomic E-state index is 3.94. The van der Waals surface area contributed by atoms with Crippen molar-refractivity contribution in [3.05, 3.63) is 57.8 Å². The molecule has 1 heterocycles. The van der Waals surface area contributed by atoms with Gasteiger partial charge in [-0.05, 0) is 41.4 Å². The fourth-order valence-electron chi connectivity index (χ4n) is 2.74. The van der Waals surface area contributed by atoms with E-state index in [2.05, 4.69) is 79.2 Å². The molecule has 1 aliphatic rings. The summed E-state index contributed by atoms with van der Waals surface area (Å²) < 4.78 is 0. The number of rotatable bonds is 3. The minimum Gasteiger partial charge on any atom is -0.144 e. The van der Waals surface area contributed by atoms with Gasteiger partial charge in [0.05, 0.1) is 4.83 Å². The molecule has 1 fully saturated rings. The maximum Gasteiger partial charge on any atom is 0.0523 e. The Morgan fingerprint density at radius 2 is 1.80 bits per heavy atom. The lowest BCUT2D eigenvalue weighted by Gasteiger charge is -2.15. The normalized spacial score (nSPS) is 23.6. The van der Waals surface area contributed by atoms with Gasteiger partial charge in [0, 0.05) is 9.75 Å². The summed E-state index contributed by atoms with van der Waals surface area (Å²) in [6, 6.07) is 15.5. The van der Waals surface area contributed by atoms with Gasteiger partial charge in [-0.15, -0.1) is 11.3 Å². The molecule has 3 atom stereocenters. The van der Waals surface area contributed by atoms with E-state index >= 15 is 0 Å². The van der Waals surface area contributed by atoms with Gasteiger partial charge in [0.2, 0.25) is 0 Å². The van der Waals surface area contributed by atoms with Gasteiger partial charge >= 0.3 is 0 Å². The van der Waals surface area contributed by atoms with Crippen LogP contribution in [0.5, 0.6) is 0 Å². The lowest BCUT2D eigenvalue weighted by atomic mass is 9.95. The molecular formula is C18H21BrS. The van der Waals surface area contributed by atoms with Crippen LogP contribution in [-0.4, -0.2) is 0 Å². The number of alkyl halides is 1. The second kappa shape index (κ2) is 5.31. The molecule has 0 bridgehead atoms. The quantitative estimate of drug-likeness (QED) is 0.572. The maximum atomic E-state index is 3.94. The smallest absolute Gasteiger partial charge is 0.0523 e. The Labute approximate surface area is 134 Å². The largest absolute Gasteiger partial charge is 0.144 e. The number of halogens is 1. The summed E-state index contributed by atoms with van der Waals surface area (Å²) >= 11 is 5.91. The third kappa shape index (κ3) is 2.87. The number of benzene rings is 1. The van der Waals surface area contributed by atoms with Crippen molar-refractivity contribution in [1.29, 1.82) is 0 Å². The van der Waals surface area contributed by atoms with Gasteiger partial charge in [0.25, 0.3) is 0 Å². The van der Waals surface area contributed by atoms with Crippen LogP contribution in [0.1, 0.15) is 53.3 Å². The van der Waals surface area contributed by atoms with Crippen molar-refractivity contribution in [3.8, 4) is 0 Å². The Balaban J connectivity index is 1.72.